The van der Waals surface area contributed by atoms with Gasteiger partial charge in [0, 0.05) is 10.0 Å². The minimum absolute atomic E-state index is 0.0997. The van der Waals surface area contributed by atoms with Gasteiger partial charge in [-0.3, -0.25) is 0 Å². The summed E-state index contributed by atoms with van der Waals surface area (Å²) in [5, 5.41) is 18.3. The van der Waals surface area contributed by atoms with Crippen LogP contribution >= 0.6 is 23.2 Å². The van der Waals surface area contributed by atoms with Crippen molar-refractivity contribution >= 4 is 23.2 Å². The number of aliphatic hydroxyl groups is 1. The lowest BCUT2D eigenvalue weighted by Crippen LogP contribution is -2.07. The van der Waals surface area contributed by atoms with Crippen molar-refractivity contribution in [1.82, 2.24) is 15.0 Å². The smallest absolute Gasteiger partial charge is 0.111 e. The van der Waals surface area contributed by atoms with Gasteiger partial charge in [-0.25, -0.2) is 4.68 Å². The molecule has 6 heteroatoms. The first-order valence-electron chi connectivity index (χ1n) is 5.61. The van der Waals surface area contributed by atoms with Crippen LogP contribution in [0.25, 0.3) is 0 Å². The molecule has 1 aromatic carbocycles. The van der Waals surface area contributed by atoms with E-state index < -0.39 is 0 Å². The standard InChI is InChI=1S/C12H13Cl2N3O/c1-2-12-11(7-18)15-16-17(12)6-8-3-4-9(13)5-10(8)14/h3-5,18H,2,6-7H2,1H3. The predicted octanol–water partition coefficient (Wildman–Crippen LogP) is 2.69. The maximum absolute atomic E-state index is 9.16. The Hall–Kier alpha value is -1.10. The first-order chi connectivity index (χ1) is 8.65. The molecular formula is C12H13Cl2N3O. The summed E-state index contributed by atoms with van der Waals surface area (Å²) in [6.45, 7) is 2.42. The Morgan fingerprint density at radius 1 is 1.33 bits per heavy atom. The topological polar surface area (TPSA) is 50.9 Å². The van der Waals surface area contributed by atoms with Crippen molar-refractivity contribution in [3.05, 3.63) is 45.2 Å². The van der Waals surface area contributed by atoms with Gasteiger partial charge in [-0.1, -0.05) is 41.4 Å². The summed E-state index contributed by atoms with van der Waals surface area (Å²) in [5.41, 5.74) is 2.45. The number of nitrogens with zero attached hydrogens (tertiary/aromatic N) is 3. The van der Waals surface area contributed by atoms with Gasteiger partial charge in [0.05, 0.1) is 18.8 Å². The highest BCUT2D eigenvalue weighted by atomic mass is 35.5. The van der Waals surface area contributed by atoms with Crippen molar-refractivity contribution in [2.75, 3.05) is 0 Å². The molecular weight excluding hydrogens is 273 g/mol. The first kappa shape index (κ1) is 13.3. The number of benzene rings is 1. The average Bonchev–Trinajstić information content (AvgIpc) is 2.74. The zero-order valence-corrected chi connectivity index (χ0v) is 11.4. The van der Waals surface area contributed by atoms with Gasteiger partial charge in [-0.05, 0) is 24.1 Å². The number of hydrogen-bond acceptors (Lipinski definition) is 3. The van der Waals surface area contributed by atoms with Crippen molar-refractivity contribution in [3.63, 3.8) is 0 Å². The van der Waals surface area contributed by atoms with Crippen molar-refractivity contribution in [2.24, 2.45) is 0 Å². The highest BCUT2D eigenvalue weighted by molar-refractivity contribution is 6.35. The molecule has 0 fully saturated rings. The molecule has 2 aromatic rings. The Labute approximate surface area is 115 Å². The van der Waals surface area contributed by atoms with E-state index in [1.165, 1.54) is 0 Å². The molecule has 96 valence electrons. The minimum atomic E-state index is -0.0997. The van der Waals surface area contributed by atoms with Crippen LogP contribution in [0.2, 0.25) is 10.0 Å². The summed E-state index contributed by atoms with van der Waals surface area (Å²) >= 11 is 12.0. The fourth-order valence-electron chi connectivity index (χ4n) is 1.82. The summed E-state index contributed by atoms with van der Waals surface area (Å²) in [7, 11) is 0. The van der Waals surface area contributed by atoms with Gasteiger partial charge < -0.3 is 5.11 Å². The number of hydrogen-bond donors (Lipinski definition) is 1. The molecule has 0 atom stereocenters. The van der Waals surface area contributed by atoms with E-state index in [9.17, 15) is 0 Å². The van der Waals surface area contributed by atoms with Crippen molar-refractivity contribution in [3.8, 4) is 0 Å². The highest BCUT2D eigenvalue weighted by Gasteiger charge is 2.11. The predicted molar refractivity (Wildman–Crippen MR) is 70.9 cm³/mol. The van der Waals surface area contributed by atoms with Crippen LogP contribution in [0.15, 0.2) is 18.2 Å². The molecule has 0 bridgehead atoms. The lowest BCUT2D eigenvalue weighted by Gasteiger charge is -2.07. The maximum atomic E-state index is 9.16. The minimum Gasteiger partial charge on any atom is -0.390 e. The maximum Gasteiger partial charge on any atom is 0.111 e. The third kappa shape index (κ3) is 2.66. The van der Waals surface area contributed by atoms with Gasteiger partial charge in [0.2, 0.25) is 0 Å². The van der Waals surface area contributed by atoms with Crippen LogP contribution in [-0.4, -0.2) is 20.1 Å². The highest BCUT2D eigenvalue weighted by Crippen LogP contribution is 2.22. The average molecular weight is 286 g/mol. The summed E-state index contributed by atoms with van der Waals surface area (Å²) < 4.78 is 1.75. The number of aromatic nitrogens is 3. The first-order valence-corrected chi connectivity index (χ1v) is 6.37. The van der Waals surface area contributed by atoms with E-state index in [0.29, 0.717) is 22.3 Å². The van der Waals surface area contributed by atoms with E-state index in [1.807, 2.05) is 13.0 Å². The monoisotopic (exact) mass is 285 g/mol. The van der Waals surface area contributed by atoms with Crippen molar-refractivity contribution < 1.29 is 5.11 Å². The van der Waals surface area contributed by atoms with E-state index in [1.54, 1.807) is 16.8 Å². The molecule has 0 amide bonds. The molecule has 2 rings (SSSR count). The van der Waals surface area contributed by atoms with E-state index in [2.05, 4.69) is 10.3 Å². The number of halogens is 2. The molecule has 0 aliphatic heterocycles. The van der Waals surface area contributed by atoms with Crippen LogP contribution in [-0.2, 0) is 19.6 Å². The molecule has 0 aliphatic rings. The van der Waals surface area contributed by atoms with Gasteiger partial charge in [0.1, 0.15) is 5.69 Å². The third-order valence-electron chi connectivity index (χ3n) is 2.74. The van der Waals surface area contributed by atoms with Crippen molar-refractivity contribution in [2.45, 2.75) is 26.5 Å². The molecule has 1 aromatic heterocycles. The molecule has 4 nitrogen and oxygen atoms in total. The Kier molecular flexibility index (Phi) is 4.22. The van der Waals surface area contributed by atoms with Crippen LogP contribution in [0.5, 0.6) is 0 Å². The zero-order chi connectivity index (χ0) is 13.1. The molecule has 1 heterocycles. The van der Waals surface area contributed by atoms with Crippen LogP contribution in [0.1, 0.15) is 23.9 Å². The Morgan fingerprint density at radius 3 is 2.72 bits per heavy atom. The number of aliphatic hydroxyl groups excluding tert-OH is 1. The summed E-state index contributed by atoms with van der Waals surface area (Å²) in [5.74, 6) is 0. The second-order valence-corrected chi connectivity index (χ2v) is 4.73. The fourth-order valence-corrected chi connectivity index (χ4v) is 2.28. The van der Waals surface area contributed by atoms with Crippen LogP contribution in [0.4, 0.5) is 0 Å². The van der Waals surface area contributed by atoms with Crippen molar-refractivity contribution in [1.29, 1.82) is 0 Å². The van der Waals surface area contributed by atoms with E-state index >= 15 is 0 Å². The molecule has 0 radical (unpaired) electrons. The SMILES string of the molecule is CCc1c(CO)nnn1Cc1ccc(Cl)cc1Cl. The largest absolute Gasteiger partial charge is 0.390 e. The molecule has 1 N–H and O–H groups in total. The van der Waals surface area contributed by atoms with Gasteiger partial charge in [0.25, 0.3) is 0 Å². The van der Waals surface area contributed by atoms with Gasteiger partial charge >= 0.3 is 0 Å². The Morgan fingerprint density at radius 2 is 2.11 bits per heavy atom. The van der Waals surface area contributed by atoms with E-state index in [4.69, 9.17) is 28.3 Å². The Balaban J connectivity index is 2.31. The molecule has 0 unspecified atom stereocenters. The fraction of sp³-hybridized carbons (Fsp3) is 0.333. The molecule has 0 saturated heterocycles. The Bertz CT molecular complexity index is 554. The summed E-state index contributed by atoms with van der Waals surface area (Å²) in [6, 6.07) is 5.36. The van der Waals surface area contributed by atoms with E-state index in [0.717, 1.165) is 17.7 Å². The molecule has 0 spiro atoms. The molecule has 18 heavy (non-hydrogen) atoms. The normalized spacial score (nSPS) is 10.9. The second kappa shape index (κ2) is 5.69. The van der Waals surface area contributed by atoms with Gasteiger partial charge in [-0.2, -0.15) is 0 Å². The third-order valence-corrected chi connectivity index (χ3v) is 3.32. The van der Waals surface area contributed by atoms with Gasteiger partial charge in [0.15, 0.2) is 0 Å². The number of rotatable bonds is 4. The molecule has 0 aliphatic carbocycles. The summed E-state index contributed by atoms with van der Waals surface area (Å²) in [6.07, 6.45) is 0.758. The zero-order valence-electron chi connectivity index (χ0n) is 9.90. The van der Waals surface area contributed by atoms with E-state index in [-0.39, 0.29) is 6.61 Å². The lowest BCUT2D eigenvalue weighted by atomic mass is 10.2. The van der Waals surface area contributed by atoms with Crippen LogP contribution in [0, 0.1) is 0 Å². The molecule has 0 saturated carbocycles. The quantitative estimate of drug-likeness (QED) is 0.940. The van der Waals surface area contributed by atoms with Crippen LogP contribution < -0.4 is 0 Å². The van der Waals surface area contributed by atoms with Gasteiger partial charge in [-0.15, -0.1) is 5.10 Å². The lowest BCUT2D eigenvalue weighted by molar-refractivity contribution is 0.275. The van der Waals surface area contributed by atoms with Crippen LogP contribution in [0.3, 0.4) is 0 Å². The second-order valence-electron chi connectivity index (χ2n) is 3.89. The summed E-state index contributed by atoms with van der Waals surface area (Å²) in [4.78, 5) is 0.